The van der Waals surface area contributed by atoms with Gasteiger partial charge in [-0.25, -0.2) is 4.98 Å². The molecule has 0 bridgehead atoms. The number of nitrogens with one attached hydrogen (secondary N) is 3. The molecule has 2 aromatic heterocycles. The number of nitrogens with zero attached hydrogens (tertiary/aromatic N) is 3. The van der Waals surface area contributed by atoms with E-state index in [9.17, 15) is 18.0 Å². The van der Waals surface area contributed by atoms with Gasteiger partial charge in [0.1, 0.15) is 5.65 Å². The van der Waals surface area contributed by atoms with Crippen molar-refractivity contribution >= 4 is 22.6 Å². The summed E-state index contributed by atoms with van der Waals surface area (Å²) in [6, 6.07) is 13.2. The molecule has 3 N–H and O–H groups in total. The number of H-pyrrole nitrogens is 1. The average Bonchev–Trinajstić information content (AvgIpc) is 3.39. The maximum Gasteiger partial charge on any atom is 0.416 e. The monoisotopic (exact) mass is 550 g/mol. The molecule has 0 atom stereocenters. The number of aryl methyl sites for hydroxylation is 1. The van der Waals surface area contributed by atoms with E-state index in [4.69, 9.17) is 0 Å². The van der Waals surface area contributed by atoms with Crippen LogP contribution in [-0.2, 0) is 25.8 Å². The molecule has 1 fully saturated rings. The third-order valence-electron chi connectivity index (χ3n) is 7.29. The van der Waals surface area contributed by atoms with E-state index in [1.807, 2.05) is 44.6 Å². The number of carbonyl (C=O) groups excluding carboxylic acids is 1. The number of amides is 1. The van der Waals surface area contributed by atoms with Crippen LogP contribution in [0.5, 0.6) is 0 Å². The molecule has 1 saturated heterocycles. The first kappa shape index (κ1) is 27.8. The number of pyridine rings is 1. The number of fused-ring (bicyclic) bond motifs is 1. The van der Waals surface area contributed by atoms with Crippen LogP contribution in [0.4, 0.5) is 18.9 Å². The molecule has 0 saturated carbocycles. The second-order valence-corrected chi connectivity index (χ2v) is 10.5. The third kappa shape index (κ3) is 6.88. The highest BCUT2D eigenvalue weighted by molar-refractivity contribution is 6.04. The molecular weight excluding hydrogens is 517 g/mol. The third-order valence-corrected chi connectivity index (χ3v) is 7.29. The minimum absolute atomic E-state index is 0.00754. The molecule has 0 radical (unpaired) electrons. The van der Waals surface area contributed by atoms with Gasteiger partial charge in [-0.1, -0.05) is 6.07 Å². The van der Waals surface area contributed by atoms with Gasteiger partial charge < -0.3 is 20.5 Å². The number of aromatic nitrogens is 2. The van der Waals surface area contributed by atoms with Crippen LogP contribution in [0.25, 0.3) is 11.0 Å². The average molecular weight is 551 g/mol. The topological polar surface area (TPSA) is 76.3 Å². The molecule has 5 rings (SSSR count). The molecule has 3 heterocycles. The van der Waals surface area contributed by atoms with E-state index < -0.39 is 17.6 Å². The SMILES string of the molecule is Cc1ccc(NC(=O)c2cc(CN3CCN(C)CC3)cc(C(F)(F)F)c2)cc1CNCc1cnc2[nH]ccc2c1. The van der Waals surface area contributed by atoms with Crippen LogP contribution in [0.3, 0.4) is 0 Å². The second-order valence-electron chi connectivity index (χ2n) is 10.5. The number of likely N-dealkylation sites (N-methyl/N-ethyl adjacent to an activating group) is 1. The van der Waals surface area contributed by atoms with Gasteiger partial charge in [-0.3, -0.25) is 9.69 Å². The predicted octanol–water partition coefficient (Wildman–Crippen LogP) is 5.18. The number of hydrogen-bond acceptors (Lipinski definition) is 5. The summed E-state index contributed by atoms with van der Waals surface area (Å²) in [6.07, 6.45) is -0.870. The molecule has 7 nitrogen and oxygen atoms in total. The number of rotatable bonds is 8. The first-order valence-corrected chi connectivity index (χ1v) is 13.3. The maximum absolute atomic E-state index is 13.7. The van der Waals surface area contributed by atoms with Gasteiger partial charge in [0.05, 0.1) is 5.56 Å². The molecule has 10 heteroatoms. The van der Waals surface area contributed by atoms with Gasteiger partial charge in [0.15, 0.2) is 0 Å². The number of halogens is 3. The summed E-state index contributed by atoms with van der Waals surface area (Å²) in [4.78, 5) is 24.9. The highest BCUT2D eigenvalue weighted by atomic mass is 19.4. The standard InChI is InChI=1S/C30H33F3N6O/c1-20-3-4-27(15-25(20)18-34-16-22-12-23-5-6-35-28(23)36-17-22)37-29(40)24-11-21(13-26(14-24)30(31,32)33)19-39-9-7-38(2)8-10-39/h3-6,11-15,17,34H,7-10,16,18-19H2,1-2H3,(H,35,36)(H,37,40). The Kier molecular flexibility index (Phi) is 8.20. The highest BCUT2D eigenvalue weighted by Crippen LogP contribution is 2.31. The van der Waals surface area contributed by atoms with E-state index in [0.717, 1.165) is 66.0 Å². The maximum atomic E-state index is 13.7. The van der Waals surface area contributed by atoms with Gasteiger partial charge in [-0.05, 0) is 78.7 Å². The largest absolute Gasteiger partial charge is 0.416 e. The predicted molar refractivity (Wildman–Crippen MR) is 150 cm³/mol. The Bertz CT molecular complexity index is 1490. The summed E-state index contributed by atoms with van der Waals surface area (Å²) in [5, 5.41) is 7.25. The van der Waals surface area contributed by atoms with Gasteiger partial charge in [0.25, 0.3) is 5.91 Å². The lowest BCUT2D eigenvalue weighted by atomic mass is 10.0. The van der Waals surface area contributed by atoms with E-state index in [2.05, 4.69) is 36.5 Å². The van der Waals surface area contributed by atoms with Crippen molar-refractivity contribution in [2.75, 3.05) is 38.5 Å². The summed E-state index contributed by atoms with van der Waals surface area (Å²) >= 11 is 0. The van der Waals surface area contributed by atoms with Crippen molar-refractivity contribution in [3.8, 4) is 0 Å². The zero-order chi connectivity index (χ0) is 28.3. The number of benzene rings is 2. The van der Waals surface area contributed by atoms with Gasteiger partial charge in [0, 0.05) is 74.8 Å². The molecule has 1 aliphatic heterocycles. The minimum atomic E-state index is -4.54. The number of alkyl halides is 3. The van der Waals surface area contributed by atoms with Gasteiger partial charge in [-0.2, -0.15) is 13.2 Å². The Labute approximate surface area is 231 Å². The summed E-state index contributed by atoms with van der Waals surface area (Å²) in [7, 11) is 2.03. The van der Waals surface area contributed by atoms with Crippen LogP contribution in [0.15, 0.2) is 60.9 Å². The summed E-state index contributed by atoms with van der Waals surface area (Å²) < 4.78 is 41.1. The summed E-state index contributed by atoms with van der Waals surface area (Å²) in [6.45, 7) is 6.77. The zero-order valence-corrected chi connectivity index (χ0v) is 22.6. The Morgan fingerprint density at radius 1 is 1.00 bits per heavy atom. The van der Waals surface area contributed by atoms with Crippen molar-refractivity contribution in [1.29, 1.82) is 0 Å². The molecule has 40 heavy (non-hydrogen) atoms. The van der Waals surface area contributed by atoms with Crippen LogP contribution < -0.4 is 10.6 Å². The highest BCUT2D eigenvalue weighted by Gasteiger charge is 2.32. The first-order chi connectivity index (χ1) is 19.1. The number of piperazine rings is 1. The van der Waals surface area contributed by atoms with E-state index in [1.165, 1.54) is 0 Å². The molecule has 210 valence electrons. The van der Waals surface area contributed by atoms with Crippen LogP contribution >= 0.6 is 0 Å². The lowest BCUT2D eigenvalue weighted by molar-refractivity contribution is -0.137. The molecule has 0 spiro atoms. The van der Waals surface area contributed by atoms with Gasteiger partial charge >= 0.3 is 6.18 Å². The fourth-order valence-electron chi connectivity index (χ4n) is 4.91. The van der Waals surface area contributed by atoms with E-state index in [1.54, 1.807) is 12.1 Å². The van der Waals surface area contributed by atoms with E-state index >= 15 is 0 Å². The van der Waals surface area contributed by atoms with Crippen LogP contribution in [0.2, 0.25) is 0 Å². The fraction of sp³-hybridized carbons (Fsp3) is 0.333. The molecule has 1 aliphatic rings. The number of hydrogen-bond donors (Lipinski definition) is 3. The van der Waals surface area contributed by atoms with E-state index in [0.29, 0.717) is 30.9 Å². The van der Waals surface area contributed by atoms with Crippen molar-refractivity contribution in [3.63, 3.8) is 0 Å². The van der Waals surface area contributed by atoms with Crippen molar-refractivity contribution in [3.05, 3.63) is 94.3 Å². The smallest absolute Gasteiger partial charge is 0.346 e. The van der Waals surface area contributed by atoms with Crippen molar-refractivity contribution in [1.82, 2.24) is 25.1 Å². The fourth-order valence-corrected chi connectivity index (χ4v) is 4.91. The normalized spacial score (nSPS) is 15.0. The number of anilines is 1. The summed E-state index contributed by atoms with van der Waals surface area (Å²) in [5.41, 5.74) is 4.09. The van der Waals surface area contributed by atoms with Crippen LogP contribution in [0.1, 0.15) is 38.2 Å². The number of aromatic amines is 1. The molecule has 1 amide bonds. The first-order valence-electron chi connectivity index (χ1n) is 13.3. The lowest BCUT2D eigenvalue weighted by Crippen LogP contribution is -2.43. The second kappa shape index (κ2) is 11.8. The molecular formula is C30H33F3N6O. The quantitative estimate of drug-likeness (QED) is 0.282. The van der Waals surface area contributed by atoms with Crippen LogP contribution in [0, 0.1) is 6.92 Å². The van der Waals surface area contributed by atoms with E-state index in [-0.39, 0.29) is 5.56 Å². The molecule has 4 aromatic rings. The molecule has 2 aromatic carbocycles. The minimum Gasteiger partial charge on any atom is -0.346 e. The van der Waals surface area contributed by atoms with Gasteiger partial charge in [0.2, 0.25) is 0 Å². The van der Waals surface area contributed by atoms with Crippen molar-refractivity contribution in [2.45, 2.75) is 32.7 Å². The Balaban J connectivity index is 1.27. The summed E-state index contributed by atoms with van der Waals surface area (Å²) in [5.74, 6) is -0.570. The van der Waals surface area contributed by atoms with Crippen molar-refractivity contribution < 1.29 is 18.0 Å². The lowest BCUT2D eigenvalue weighted by Gasteiger charge is -2.32. The Morgan fingerprint density at radius 3 is 2.58 bits per heavy atom. The molecule has 0 aliphatic carbocycles. The Hall–Kier alpha value is -3.73. The number of carbonyl (C=O) groups is 1. The Morgan fingerprint density at radius 2 is 1.80 bits per heavy atom. The van der Waals surface area contributed by atoms with Crippen molar-refractivity contribution in [2.24, 2.45) is 0 Å². The van der Waals surface area contributed by atoms with Gasteiger partial charge in [-0.15, -0.1) is 0 Å². The van der Waals surface area contributed by atoms with Crippen LogP contribution in [-0.4, -0.2) is 58.9 Å². The molecule has 0 unspecified atom stereocenters. The zero-order valence-electron chi connectivity index (χ0n) is 22.6.